The molecule has 0 radical (unpaired) electrons. The Hall–Kier alpha value is -1.55. The average molecular weight is 301 g/mol. The Morgan fingerprint density at radius 2 is 2.05 bits per heavy atom. The minimum atomic E-state index is 0.0751. The summed E-state index contributed by atoms with van der Waals surface area (Å²) in [6, 6.07) is 6.82. The summed E-state index contributed by atoms with van der Waals surface area (Å²) in [7, 11) is 0. The van der Waals surface area contributed by atoms with Crippen molar-refractivity contribution in [2.24, 2.45) is 0 Å². The van der Waals surface area contributed by atoms with Crippen LogP contribution in [0.25, 0.3) is 0 Å². The van der Waals surface area contributed by atoms with E-state index in [1.807, 2.05) is 6.07 Å². The normalized spacial score (nSPS) is 25.3. The highest BCUT2D eigenvalue weighted by Crippen LogP contribution is 2.26. The van der Waals surface area contributed by atoms with E-state index in [1.54, 1.807) is 0 Å². The number of carbonyl (C=O) groups is 1. The Kier molecular flexibility index (Phi) is 4.67. The third-order valence-corrected chi connectivity index (χ3v) is 4.92. The summed E-state index contributed by atoms with van der Waals surface area (Å²) in [4.78, 5) is 15.2. The van der Waals surface area contributed by atoms with Crippen LogP contribution < -0.4 is 15.5 Å². The molecule has 2 saturated heterocycles. The monoisotopic (exact) mass is 301 g/mol. The molecule has 2 fully saturated rings. The first-order chi connectivity index (χ1) is 10.6. The fourth-order valence-electron chi connectivity index (χ4n) is 3.55. The summed E-state index contributed by atoms with van der Waals surface area (Å²) in [6.07, 6.45) is 4.63. The number of benzene rings is 1. The van der Waals surface area contributed by atoms with Crippen molar-refractivity contribution in [2.45, 2.75) is 51.6 Å². The summed E-state index contributed by atoms with van der Waals surface area (Å²) in [6.45, 7) is 7.38. The van der Waals surface area contributed by atoms with E-state index < -0.39 is 0 Å². The van der Waals surface area contributed by atoms with Gasteiger partial charge >= 0.3 is 0 Å². The largest absolute Gasteiger partial charge is 0.371 e. The van der Waals surface area contributed by atoms with E-state index in [1.165, 1.54) is 12.8 Å². The lowest BCUT2D eigenvalue weighted by molar-refractivity contribution is 0.0920. The maximum atomic E-state index is 12.8. The lowest BCUT2D eigenvalue weighted by atomic mass is 9.99. The van der Waals surface area contributed by atoms with Crippen molar-refractivity contribution in [2.75, 3.05) is 24.5 Å². The van der Waals surface area contributed by atoms with E-state index >= 15 is 0 Å². The van der Waals surface area contributed by atoms with Crippen LogP contribution in [0, 0.1) is 6.92 Å². The molecule has 4 nitrogen and oxygen atoms in total. The number of carbonyl (C=O) groups excluding carboxylic acids is 1. The van der Waals surface area contributed by atoms with E-state index in [4.69, 9.17) is 0 Å². The third-order valence-electron chi connectivity index (χ3n) is 4.92. The molecule has 2 atom stereocenters. The van der Waals surface area contributed by atoms with Gasteiger partial charge in [-0.3, -0.25) is 4.79 Å². The molecule has 2 aliphatic heterocycles. The first-order valence-corrected chi connectivity index (χ1v) is 8.55. The minimum Gasteiger partial charge on any atom is -0.371 e. The number of amides is 1. The van der Waals surface area contributed by atoms with Crippen LogP contribution in [-0.4, -0.2) is 37.6 Å². The van der Waals surface area contributed by atoms with Crippen LogP contribution >= 0.6 is 0 Å². The summed E-state index contributed by atoms with van der Waals surface area (Å²) >= 11 is 0. The fraction of sp³-hybridized carbons (Fsp3) is 0.611. The van der Waals surface area contributed by atoms with E-state index in [9.17, 15) is 4.79 Å². The Morgan fingerprint density at radius 3 is 2.77 bits per heavy atom. The van der Waals surface area contributed by atoms with Crippen molar-refractivity contribution in [3.63, 3.8) is 0 Å². The van der Waals surface area contributed by atoms with Crippen LogP contribution in [0.5, 0.6) is 0 Å². The number of aryl methyl sites for hydroxylation is 1. The molecule has 2 aliphatic rings. The molecule has 22 heavy (non-hydrogen) atoms. The van der Waals surface area contributed by atoms with Crippen molar-refractivity contribution in [1.29, 1.82) is 0 Å². The van der Waals surface area contributed by atoms with Crippen LogP contribution in [0.2, 0.25) is 0 Å². The van der Waals surface area contributed by atoms with Gasteiger partial charge in [0, 0.05) is 30.9 Å². The molecule has 0 spiro atoms. The zero-order valence-corrected chi connectivity index (χ0v) is 13.7. The van der Waals surface area contributed by atoms with Crippen LogP contribution in [0.4, 0.5) is 5.69 Å². The molecular formula is C18H27N3O. The second-order valence-corrected chi connectivity index (χ2v) is 6.68. The van der Waals surface area contributed by atoms with Crippen molar-refractivity contribution in [3.8, 4) is 0 Å². The molecule has 0 aromatic heterocycles. The SMILES string of the molecule is Cc1ccc(N2CCCC2)c(C(=O)NC2CCCNC2C)c1. The standard InChI is InChI=1S/C18H27N3O/c1-13-7-8-17(21-10-3-4-11-21)15(12-13)18(22)20-16-6-5-9-19-14(16)2/h7-8,12,14,16,19H,3-6,9-11H2,1-2H3,(H,20,22). The molecule has 4 heteroatoms. The summed E-state index contributed by atoms with van der Waals surface area (Å²) in [5.41, 5.74) is 3.07. The molecule has 2 unspecified atom stereocenters. The summed E-state index contributed by atoms with van der Waals surface area (Å²) in [5, 5.41) is 6.69. The Labute approximate surface area is 133 Å². The smallest absolute Gasteiger partial charge is 0.253 e. The van der Waals surface area contributed by atoms with Crippen molar-refractivity contribution in [1.82, 2.24) is 10.6 Å². The molecule has 0 saturated carbocycles. The first-order valence-electron chi connectivity index (χ1n) is 8.55. The third kappa shape index (κ3) is 3.27. The lowest BCUT2D eigenvalue weighted by Gasteiger charge is -2.31. The molecule has 0 bridgehead atoms. The van der Waals surface area contributed by atoms with Gasteiger partial charge in [0.1, 0.15) is 0 Å². The van der Waals surface area contributed by atoms with Crippen LogP contribution in [0.15, 0.2) is 18.2 Å². The second-order valence-electron chi connectivity index (χ2n) is 6.68. The Morgan fingerprint density at radius 1 is 1.27 bits per heavy atom. The van der Waals surface area contributed by atoms with Gasteiger partial charge in [0.15, 0.2) is 0 Å². The van der Waals surface area contributed by atoms with Crippen molar-refractivity contribution >= 4 is 11.6 Å². The minimum absolute atomic E-state index is 0.0751. The quantitative estimate of drug-likeness (QED) is 0.901. The van der Waals surface area contributed by atoms with E-state index in [0.717, 1.165) is 49.3 Å². The van der Waals surface area contributed by atoms with Gasteiger partial charge in [0.2, 0.25) is 0 Å². The van der Waals surface area contributed by atoms with Gasteiger partial charge in [0.05, 0.1) is 5.56 Å². The summed E-state index contributed by atoms with van der Waals surface area (Å²) < 4.78 is 0. The molecule has 1 aromatic carbocycles. The molecule has 3 rings (SSSR count). The van der Waals surface area contributed by atoms with Crippen LogP contribution in [0.3, 0.4) is 0 Å². The fourth-order valence-corrected chi connectivity index (χ4v) is 3.55. The number of hydrogen-bond donors (Lipinski definition) is 2. The number of anilines is 1. The maximum Gasteiger partial charge on any atom is 0.253 e. The predicted octanol–water partition coefficient (Wildman–Crippen LogP) is 2.47. The van der Waals surface area contributed by atoms with E-state index in [0.29, 0.717) is 6.04 Å². The molecule has 0 aliphatic carbocycles. The Balaban J connectivity index is 1.79. The number of nitrogens with zero attached hydrogens (tertiary/aromatic N) is 1. The lowest BCUT2D eigenvalue weighted by Crippen LogP contribution is -2.52. The highest BCUT2D eigenvalue weighted by Gasteiger charge is 2.25. The van der Waals surface area contributed by atoms with Crippen LogP contribution in [0.1, 0.15) is 48.5 Å². The topological polar surface area (TPSA) is 44.4 Å². The Bertz CT molecular complexity index is 537. The maximum absolute atomic E-state index is 12.8. The van der Waals surface area contributed by atoms with Gasteiger partial charge in [-0.05, 0) is 58.2 Å². The van der Waals surface area contributed by atoms with Crippen LogP contribution in [-0.2, 0) is 0 Å². The molecular weight excluding hydrogens is 274 g/mol. The van der Waals surface area contributed by atoms with Crippen molar-refractivity contribution < 1.29 is 4.79 Å². The molecule has 1 aromatic rings. The molecule has 2 N–H and O–H groups in total. The van der Waals surface area contributed by atoms with E-state index in [2.05, 4.69) is 41.5 Å². The van der Waals surface area contributed by atoms with Gasteiger partial charge in [-0.25, -0.2) is 0 Å². The number of nitrogens with one attached hydrogen (secondary N) is 2. The average Bonchev–Trinajstić information content (AvgIpc) is 3.03. The number of rotatable bonds is 3. The van der Waals surface area contributed by atoms with Crippen molar-refractivity contribution in [3.05, 3.63) is 29.3 Å². The molecule has 1 amide bonds. The zero-order chi connectivity index (χ0) is 15.5. The second kappa shape index (κ2) is 6.69. The predicted molar refractivity (Wildman–Crippen MR) is 90.6 cm³/mol. The number of hydrogen-bond acceptors (Lipinski definition) is 3. The number of piperidine rings is 1. The van der Waals surface area contributed by atoms with Gasteiger partial charge < -0.3 is 15.5 Å². The molecule has 120 valence electrons. The first kappa shape index (κ1) is 15.3. The van der Waals surface area contributed by atoms with Gasteiger partial charge in [-0.15, -0.1) is 0 Å². The van der Waals surface area contributed by atoms with E-state index in [-0.39, 0.29) is 11.9 Å². The zero-order valence-electron chi connectivity index (χ0n) is 13.7. The summed E-state index contributed by atoms with van der Waals surface area (Å²) in [5.74, 6) is 0.0751. The highest BCUT2D eigenvalue weighted by molar-refractivity contribution is 6.00. The molecule has 2 heterocycles. The van der Waals surface area contributed by atoms with Gasteiger partial charge in [0.25, 0.3) is 5.91 Å². The highest BCUT2D eigenvalue weighted by atomic mass is 16.1. The van der Waals surface area contributed by atoms with Gasteiger partial charge in [-0.1, -0.05) is 11.6 Å². The van der Waals surface area contributed by atoms with Gasteiger partial charge in [-0.2, -0.15) is 0 Å².